The van der Waals surface area contributed by atoms with E-state index in [1.807, 2.05) is 13.8 Å². The molecule has 8 heteroatoms. The fraction of sp³-hybridized carbons (Fsp3) is 0.185. The summed E-state index contributed by atoms with van der Waals surface area (Å²) in [5.74, 6) is -0.693. The third-order valence-corrected chi connectivity index (χ3v) is 6.31. The zero-order chi connectivity index (χ0) is 25.3. The zero-order valence-electron chi connectivity index (χ0n) is 19.7. The maximum Gasteiger partial charge on any atom is 0.339 e. The minimum absolute atomic E-state index is 0.0572. The largest absolute Gasteiger partial charge is 0.379 e. The van der Waals surface area contributed by atoms with Gasteiger partial charge in [0.1, 0.15) is 16.3 Å². The van der Waals surface area contributed by atoms with Gasteiger partial charge in [-0.2, -0.15) is 8.42 Å². The van der Waals surface area contributed by atoms with Gasteiger partial charge in [-0.1, -0.05) is 61.4 Å². The number of hydrogen-bond donors (Lipinski definition) is 2. The molecule has 182 valence electrons. The monoisotopic (exact) mass is 492 g/mol. The average Bonchev–Trinajstić information content (AvgIpc) is 2.85. The fourth-order valence-electron chi connectivity index (χ4n) is 3.08. The lowest BCUT2D eigenvalue weighted by molar-refractivity contribution is -0.117. The first kappa shape index (κ1) is 25.7. The number of rotatable bonds is 10. The van der Waals surface area contributed by atoms with Crippen LogP contribution in [0.15, 0.2) is 89.5 Å². The Kier molecular flexibility index (Phi) is 8.80. The van der Waals surface area contributed by atoms with Gasteiger partial charge in [-0.05, 0) is 61.4 Å². The van der Waals surface area contributed by atoms with Gasteiger partial charge < -0.3 is 14.8 Å². The Bertz CT molecular complexity index is 1280. The summed E-state index contributed by atoms with van der Waals surface area (Å²) in [6.45, 7) is 4.37. The molecule has 0 unspecified atom stereocenters. The number of amides is 2. The van der Waals surface area contributed by atoms with E-state index in [4.69, 9.17) is 4.18 Å². The van der Waals surface area contributed by atoms with Crippen molar-refractivity contribution in [3.8, 4) is 5.75 Å². The summed E-state index contributed by atoms with van der Waals surface area (Å²) in [5, 5.41) is 5.47. The predicted molar refractivity (Wildman–Crippen MR) is 135 cm³/mol. The van der Waals surface area contributed by atoms with Crippen LogP contribution in [-0.4, -0.2) is 26.8 Å². The van der Waals surface area contributed by atoms with Crippen molar-refractivity contribution in [1.29, 1.82) is 0 Å². The van der Waals surface area contributed by atoms with E-state index in [1.165, 1.54) is 30.3 Å². The molecule has 3 rings (SSSR count). The number of unbranched alkanes of at least 4 members (excludes halogenated alkanes) is 1. The molecule has 0 aliphatic rings. The first-order valence-electron chi connectivity index (χ1n) is 11.3. The normalized spacial score (nSPS) is 11.5. The van der Waals surface area contributed by atoms with Gasteiger partial charge in [0.15, 0.2) is 0 Å². The van der Waals surface area contributed by atoms with Crippen LogP contribution < -0.4 is 14.8 Å². The molecule has 3 aromatic rings. The second-order valence-corrected chi connectivity index (χ2v) is 9.45. The van der Waals surface area contributed by atoms with Crippen molar-refractivity contribution in [2.45, 2.75) is 31.6 Å². The summed E-state index contributed by atoms with van der Waals surface area (Å²) < 4.78 is 30.2. The van der Waals surface area contributed by atoms with E-state index in [2.05, 4.69) is 10.6 Å². The second-order valence-electron chi connectivity index (χ2n) is 7.91. The summed E-state index contributed by atoms with van der Waals surface area (Å²) in [6.07, 6.45) is 3.26. The van der Waals surface area contributed by atoms with Crippen molar-refractivity contribution >= 4 is 28.0 Å². The van der Waals surface area contributed by atoms with E-state index in [0.717, 1.165) is 18.4 Å². The second kappa shape index (κ2) is 12.0. The molecule has 0 aliphatic heterocycles. The van der Waals surface area contributed by atoms with E-state index < -0.39 is 21.9 Å². The highest BCUT2D eigenvalue weighted by molar-refractivity contribution is 7.87. The van der Waals surface area contributed by atoms with Gasteiger partial charge in [-0.25, -0.2) is 0 Å². The van der Waals surface area contributed by atoms with Crippen LogP contribution in [0.1, 0.15) is 41.3 Å². The Hall–Kier alpha value is -3.91. The van der Waals surface area contributed by atoms with Gasteiger partial charge in [0, 0.05) is 12.1 Å². The maximum absolute atomic E-state index is 12.7. The van der Waals surface area contributed by atoms with E-state index in [0.29, 0.717) is 17.7 Å². The lowest BCUT2D eigenvalue weighted by Crippen LogP contribution is -2.35. The smallest absolute Gasteiger partial charge is 0.339 e. The third kappa shape index (κ3) is 7.55. The molecule has 0 aliphatic carbocycles. The number of benzene rings is 3. The molecule has 0 spiro atoms. The van der Waals surface area contributed by atoms with Gasteiger partial charge in [-0.3, -0.25) is 9.59 Å². The molecule has 0 heterocycles. The highest BCUT2D eigenvalue weighted by atomic mass is 32.2. The van der Waals surface area contributed by atoms with E-state index in [9.17, 15) is 18.0 Å². The molecule has 0 saturated carbocycles. The van der Waals surface area contributed by atoms with Gasteiger partial charge in [0.25, 0.3) is 11.8 Å². The number of aryl methyl sites for hydroxylation is 1. The zero-order valence-corrected chi connectivity index (χ0v) is 20.5. The van der Waals surface area contributed by atoms with Crippen LogP contribution in [0.4, 0.5) is 0 Å². The van der Waals surface area contributed by atoms with Crippen molar-refractivity contribution in [2.75, 3.05) is 6.54 Å². The van der Waals surface area contributed by atoms with E-state index in [-0.39, 0.29) is 16.3 Å². The summed E-state index contributed by atoms with van der Waals surface area (Å²) >= 11 is 0. The number of carbonyl (C=O) groups excluding carboxylic acids is 2. The molecule has 0 saturated heterocycles. The molecular weight excluding hydrogens is 464 g/mol. The van der Waals surface area contributed by atoms with Crippen LogP contribution in [0.2, 0.25) is 0 Å². The van der Waals surface area contributed by atoms with Gasteiger partial charge >= 0.3 is 10.1 Å². The number of nitrogens with one attached hydrogen (secondary N) is 2. The van der Waals surface area contributed by atoms with E-state index >= 15 is 0 Å². The molecule has 3 aromatic carbocycles. The SMILES string of the molecule is CCCCNC(=O)/C(=C/c1ccc(OS(=O)(=O)c2ccc(C)cc2)cc1)NC(=O)c1ccccc1. The van der Waals surface area contributed by atoms with Crippen molar-refractivity contribution in [1.82, 2.24) is 10.6 Å². The van der Waals surface area contributed by atoms with Crippen molar-refractivity contribution in [3.05, 3.63) is 101 Å². The Morgan fingerprint density at radius 3 is 2.20 bits per heavy atom. The Morgan fingerprint density at radius 1 is 0.914 bits per heavy atom. The summed E-state index contributed by atoms with van der Waals surface area (Å²) in [5.41, 5.74) is 2.02. The molecule has 0 bridgehead atoms. The summed E-state index contributed by atoms with van der Waals surface area (Å²) in [6, 6.07) is 21.1. The molecule has 0 atom stereocenters. The van der Waals surface area contributed by atoms with E-state index in [1.54, 1.807) is 54.6 Å². The lowest BCUT2D eigenvalue weighted by atomic mass is 10.1. The minimum atomic E-state index is -3.98. The summed E-state index contributed by atoms with van der Waals surface area (Å²) in [7, 11) is -3.98. The Balaban J connectivity index is 1.79. The first-order valence-corrected chi connectivity index (χ1v) is 12.7. The minimum Gasteiger partial charge on any atom is -0.379 e. The molecule has 0 radical (unpaired) electrons. The highest BCUT2D eigenvalue weighted by Gasteiger charge is 2.17. The van der Waals surface area contributed by atoms with Crippen LogP contribution in [0, 0.1) is 6.92 Å². The quantitative estimate of drug-likeness (QED) is 0.247. The van der Waals surface area contributed by atoms with Crippen molar-refractivity contribution in [2.24, 2.45) is 0 Å². The number of carbonyl (C=O) groups is 2. The standard InChI is InChI=1S/C27H28N2O5S/c1-3-4-18-28-27(31)25(29-26(30)22-8-6-5-7-9-22)19-21-12-14-23(15-13-21)34-35(32,33)24-16-10-20(2)11-17-24/h5-17,19H,3-4,18H2,1-2H3,(H,28,31)(H,29,30)/b25-19-. The lowest BCUT2D eigenvalue weighted by Gasteiger charge is -2.11. The van der Waals surface area contributed by atoms with Crippen LogP contribution in [-0.2, 0) is 14.9 Å². The predicted octanol–water partition coefficient (Wildman–Crippen LogP) is 4.45. The molecule has 2 amide bonds. The third-order valence-electron chi connectivity index (χ3n) is 5.05. The van der Waals surface area contributed by atoms with Crippen molar-refractivity contribution in [3.63, 3.8) is 0 Å². The van der Waals surface area contributed by atoms with Crippen molar-refractivity contribution < 1.29 is 22.2 Å². The molecule has 35 heavy (non-hydrogen) atoms. The average molecular weight is 493 g/mol. The first-order chi connectivity index (χ1) is 16.8. The van der Waals surface area contributed by atoms with Crippen LogP contribution >= 0.6 is 0 Å². The van der Waals surface area contributed by atoms with Crippen LogP contribution in [0.3, 0.4) is 0 Å². The fourth-order valence-corrected chi connectivity index (χ4v) is 4.01. The molecule has 0 aromatic heterocycles. The van der Waals surface area contributed by atoms with Crippen LogP contribution in [0.5, 0.6) is 5.75 Å². The Labute approximate surface area is 206 Å². The highest BCUT2D eigenvalue weighted by Crippen LogP contribution is 2.20. The maximum atomic E-state index is 12.7. The van der Waals surface area contributed by atoms with Gasteiger partial charge in [-0.15, -0.1) is 0 Å². The molecular formula is C27H28N2O5S. The Morgan fingerprint density at radius 2 is 1.57 bits per heavy atom. The number of hydrogen-bond acceptors (Lipinski definition) is 5. The topological polar surface area (TPSA) is 102 Å². The molecule has 2 N–H and O–H groups in total. The van der Waals surface area contributed by atoms with Gasteiger partial charge in [0.2, 0.25) is 0 Å². The molecule has 0 fully saturated rings. The van der Waals surface area contributed by atoms with Crippen LogP contribution in [0.25, 0.3) is 6.08 Å². The summed E-state index contributed by atoms with van der Waals surface area (Å²) in [4.78, 5) is 25.4. The molecule has 7 nitrogen and oxygen atoms in total. The van der Waals surface area contributed by atoms with Gasteiger partial charge in [0.05, 0.1) is 0 Å².